The van der Waals surface area contributed by atoms with E-state index in [0.29, 0.717) is 31.3 Å². The van der Waals surface area contributed by atoms with Gasteiger partial charge in [0.25, 0.3) is 5.91 Å². The molecule has 1 N–H and O–H groups in total. The van der Waals surface area contributed by atoms with E-state index in [2.05, 4.69) is 30.2 Å². The third-order valence-electron chi connectivity index (χ3n) is 3.85. The van der Waals surface area contributed by atoms with Gasteiger partial charge in [-0.05, 0) is 18.6 Å². The normalized spacial score (nSPS) is 18.0. The van der Waals surface area contributed by atoms with Crippen molar-refractivity contribution < 1.29 is 9.53 Å². The summed E-state index contributed by atoms with van der Waals surface area (Å²) in [6, 6.07) is 3.53. The molecule has 1 atom stereocenters. The van der Waals surface area contributed by atoms with E-state index in [-0.39, 0.29) is 11.8 Å². The molecule has 1 fully saturated rings. The van der Waals surface area contributed by atoms with Gasteiger partial charge in [-0.2, -0.15) is 0 Å². The molecule has 1 amide bonds. The molecule has 2 aromatic heterocycles. The minimum Gasteiger partial charge on any atom is -0.379 e. The number of hydrogen-bond donors (Lipinski definition) is 1. The number of aromatic nitrogens is 4. The van der Waals surface area contributed by atoms with E-state index < -0.39 is 0 Å². The standard InChI is InChI=1S/C16H20N6O2/c1-17-15(23)14-8-13(20-11-21-14)7-12-9-22(5-6-24-10-12)16-18-3-2-4-19-16/h2-4,8,11-12H,5-7,9-10H2,1H3,(H,17,23)/t12-/m1/s1. The van der Waals surface area contributed by atoms with Gasteiger partial charge in [0.15, 0.2) is 0 Å². The van der Waals surface area contributed by atoms with E-state index >= 15 is 0 Å². The van der Waals surface area contributed by atoms with Crippen molar-refractivity contribution >= 4 is 11.9 Å². The maximum Gasteiger partial charge on any atom is 0.269 e. The zero-order chi connectivity index (χ0) is 16.8. The van der Waals surface area contributed by atoms with Gasteiger partial charge in [-0.3, -0.25) is 4.79 Å². The summed E-state index contributed by atoms with van der Waals surface area (Å²) in [5.74, 6) is 0.737. The second-order valence-electron chi connectivity index (χ2n) is 5.61. The molecule has 0 unspecified atom stereocenters. The Morgan fingerprint density at radius 2 is 2.17 bits per heavy atom. The maximum absolute atomic E-state index is 11.7. The highest BCUT2D eigenvalue weighted by molar-refractivity contribution is 5.91. The summed E-state index contributed by atoms with van der Waals surface area (Å²) in [6.07, 6.45) is 5.61. The zero-order valence-corrected chi connectivity index (χ0v) is 13.6. The van der Waals surface area contributed by atoms with E-state index in [0.717, 1.165) is 18.8 Å². The number of rotatable bonds is 4. The maximum atomic E-state index is 11.7. The summed E-state index contributed by atoms with van der Waals surface area (Å²) in [7, 11) is 1.58. The Kier molecular flexibility index (Phi) is 5.27. The lowest BCUT2D eigenvalue weighted by Gasteiger charge is -2.23. The summed E-state index contributed by atoms with van der Waals surface area (Å²) >= 11 is 0. The molecule has 0 saturated carbocycles. The van der Waals surface area contributed by atoms with Crippen molar-refractivity contribution in [3.63, 3.8) is 0 Å². The summed E-state index contributed by atoms with van der Waals surface area (Å²) in [5, 5.41) is 2.57. The number of amides is 1. The average Bonchev–Trinajstić information content (AvgIpc) is 2.87. The quantitative estimate of drug-likeness (QED) is 0.864. The van der Waals surface area contributed by atoms with Crippen LogP contribution in [0.5, 0.6) is 0 Å². The molecule has 126 valence electrons. The molecule has 0 aliphatic carbocycles. The van der Waals surface area contributed by atoms with Crippen LogP contribution in [0.2, 0.25) is 0 Å². The molecule has 0 aromatic carbocycles. The second-order valence-corrected chi connectivity index (χ2v) is 5.61. The van der Waals surface area contributed by atoms with Crippen LogP contribution < -0.4 is 10.2 Å². The van der Waals surface area contributed by atoms with Crippen LogP contribution in [0.15, 0.2) is 30.9 Å². The highest BCUT2D eigenvalue weighted by Gasteiger charge is 2.21. The van der Waals surface area contributed by atoms with Crippen LogP contribution >= 0.6 is 0 Å². The predicted molar refractivity (Wildman–Crippen MR) is 87.7 cm³/mol. The van der Waals surface area contributed by atoms with Gasteiger partial charge >= 0.3 is 0 Å². The first-order valence-corrected chi connectivity index (χ1v) is 7.89. The molecule has 2 aromatic rings. The Morgan fingerprint density at radius 3 is 2.96 bits per heavy atom. The second kappa shape index (κ2) is 7.78. The van der Waals surface area contributed by atoms with Crippen molar-refractivity contribution in [1.29, 1.82) is 0 Å². The van der Waals surface area contributed by atoms with Crippen LogP contribution in [0.3, 0.4) is 0 Å². The lowest BCUT2D eigenvalue weighted by molar-refractivity contribution is 0.0957. The SMILES string of the molecule is CNC(=O)c1cc(C[C@H]2COCCN(c3ncccn3)C2)ncn1. The third kappa shape index (κ3) is 4.02. The molecule has 8 nitrogen and oxygen atoms in total. The van der Waals surface area contributed by atoms with Crippen LogP contribution in [0.1, 0.15) is 16.2 Å². The molecule has 8 heteroatoms. The molecule has 1 saturated heterocycles. The molecule has 3 heterocycles. The number of anilines is 1. The van der Waals surface area contributed by atoms with Gasteiger partial charge in [-0.15, -0.1) is 0 Å². The molecule has 1 aliphatic rings. The van der Waals surface area contributed by atoms with Gasteiger partial charge in [0.1, 0.15) is 12.0 Å². The number of hydrogen-bond acceptors (Lipinski definition) is 7. The Morgan fingerprint density at radius 1 is 1.33 bits per heavy atom. The molecule has 0 bridgehead atoms. The minimum absolute atomic E-state index is 0.213. The topological polar surface area (TPSA) is 93.1 Å². The fraction of sp³-hybridized carbons (Fsp3) is 0.438. The van der Waals surface area contributed by atoms with Gasteiger partial charge in [-0.1, -0.05) is 0 Å². The number of carbonyl (C=O) groups excluding carboxylic acids is 1. The fourth-order valence-electron chi connectivity index (χ4n) is 2.70. The summed E-state index contributed by atoms with van der Waals surface area (Å²) in [5.41, 5.74) is 1.20. The van der Waals surface area contributed by atoms with Crippen molar-refractivity contribution in [3.05, 3.63) is 42.2 Å². The monoisotopic (exact) mass is 328 g/mol. The zero-order valence-electron chi connectivity index (χ0n) is 13.6. The van der Waals surface area contributed by atoms with Crippen molar-refractivity contribution in [2.24, 2.45) is 5.92 Å². The lowest BCUT2D eigenvalue weighted by Crippen LogP contribution is -2.32. The largest absolute Gasteiger partial charge is 0.379 e. The fourth-order valence-corrected chi connectivity index (χ4v) is 2.70. The van der Waals surface area contributed by atoms with E-state index in [4.69, 9.17) is 4.74 Å². The molecular formula is C16H20N6O2. The number of nitrogens with zero attached hydrogens (tertiary/aromatic N) is 5. The molecule has 0 spiro atoms. The highest BCUT2D eigenvalue weighted by atomic mass is 16.5. The first-order valence-electron chi connectivity index (χ1n) is 7.89. The third-order valence-corrected chi connectivity index (χ3v) is 3.85. The molecule has 0 radical (unpaired) electrons. The summed E-state index contributed by atoms with van der Waals surface area (Å²) in [4.78, 5) is 30.7. The first-order chi connectivity index (χ1) is 11.8. The van der Waals surface area contributed by atoms with Crippen LogP contribution in [0, 0.1) is 5.92 Å². The molecule has 1 aliphatic heterocycles. The van der Waals surface area contributed by atoms with Gasteiger partial charge in [0, 0.05) is 44.1 Å². The van der Waals surface area contributed by atoms with Crippen molar-refractivity contribution in [2.45, 2.75) is 6.42 Å². The van der Waals surface area contributed by atoms with Gasteiger partial charge in [-0.25, -0.2) is 19.9 Å². The molecular weight excluding hydrogens is 308 g/mol. The van der Waals surface area contributed by atoms with E-state index in [9.17, 15) is 4.79 Å². The Hall–Kier alpha value is -2.61. The van der Waals surface area contributed by atoms with Crippen LogP contribution in [0.25, 0.3) is 0 Å². The Labute approximate surface area is 140 Å². The highest BCUT2D eigenvalue weighted by Crippen LogP contribution is 2.16. The van der Waals surface area contributed by atoms with Crippen LogP contribution in [-0.4, -0.2) is 59.2 Å². The predicted octanol–water partition coefficient (Wildman–Crippen LogP) is 0.322. The Bertz CT molecular complexity index is 681. The lowest BCUT2D eigenvalue weighted by atomic mass is 10.0. The first kappa shape index (κ1) is 16.3. The smallest absolute Gasteiger partial charge is 0.269 e. The van der Waals surface area contributed by atoms with Gasteiger partial charge < -0.3 is 15.0 Å². The number of carbonyl (C=O) groups is 1. The van der Waals surface area contributed by atoms with Gasteiger partial charge in [0.2, 0.25) is 5.95 Å². The summed E-state index contributed by atoms with van der Waals surface area (Å²) < 4.78 is 5.71. The molecule has 3 rings (SSSR count). The molecule has 24 heavy (non-hydrogen) atoms. The van der Waals surface area contributed by atoms with Crippen LogP contribution in [0.4, 0.5) is 5.95 Å². The van der Waals surface area contributed by atoms with Crippen molar-refractivity contribution in [1.82, 2.24) is 25.3 Å². The van der Waals surface area contributed by atoms with Crippen molar-refractivity contribution in [2.75, 3.05) is 38.3 Å². The summed E-state index contributed by atoms with van der Waals surface area (Å²) in [6.45, 7) is 2.82. The minimum atomic E-state index is -0.213. The van der Waals surface area contributed by atoms with E-state index in [1.807, 2.05) is 0 Å². The van der Waals surface area contributed by atoms with Crippen LogP contribution in [-0.2, 0) is 11.2 Å². The van der Waals surface area contributed by atoms with E-state index in [1.54, 1.807) is 31.6 Å². The number of ether oxygens (including phenoxy) is 1. The van der Waals surface area contributed by atoms with Gasteiger partial charge in [0.05, 0.1) is 13.2 Å². The van der Waals surface area contributed by atoms with E-state index in [1.165, 1.54) is 6.33 Å². The number of nitrogens with one attached hydrogen (secondary N) is 1. The van der Waals surface area contributed by atoms with Crippen molar-refractivity contribution in [3.8, 4) is 0 Å². The average molecular weight is 328 g/mol. The Balaban J connectivity index is 1.71.